The Morgan fingerprint density at radius 1 is 1.06 bits per heavy atom. The number of nitrogens with one attached hydrogen (secondary N) is 2. The highest BCUT2D eigenvalue weighted by Gasteiger charge is 2.47. The molecule has 0 radical (unpaired) electrons. The minimum Gasteiger partial charge on any atom is -0.497 e. The third-order valence-corrected chi connectivity index (χ3v) is 5.45. The van der Waals surface area contributed by atoms with Gasteiger partial charge in [-0.2, -0.15) is 0 Å². The summed E-state index contributed by atoms with van der Waals surface area (Å²) in [6, 6.07) is 19.0. The molecular formula is C25H23FN3O3+. The zero-order chi connectivity index (χ0) is 22.7. The Hall–Kier alpha value is -4.00. The van der Waals surface area contributed by atoms with Crippen molar-refractivity contribution in [1.29, 1.82) is 0 Å². The SMILES string of the molecule is COc1ccc([C@H]2[C@@H](NC(=O)c3ccc(F)cc3)C(=O)N/[N+]2=C\c2ccccc2C)cc1. The molecule has 0 aromatic heterocycles. The number of carbonyl (C=O) groups excluding carboxylic acids is 2. The van der Waals surface area contributed by atoms with E-state index in [1.54, 1.807) is 11.8 Å². The molecule has 3 aromatic carbocycles. The van der Waals surface area contributed by atoms with E-state index in [0.717, 1.165) is 16.7 Å². The van der Waals surface area contributed by atoms with Gasteiger partial charge < -0.3 is 10.1 Å². The number of carbonyl (C=O) groups is 2. The fraction of sp³-hybridized carbons (Fsp3) is 0.160. The van der Waals surface area contributed by atoms with Gasteiger partial charge in [-0.1, -0.05) is 18.2 Å². The molecule has 6 nitrogen and oxygen atoms in total. The molecule has 1 heterocycles. The molecule has 0 bridgehead atoms. The Balaban J connectivity index is 1.71. The second kappa shape index (κ2) is 9.01. The second-order valence-electron chi connectivity index (χ2n) is 7.55. The van der Waals surface area contributed by atoms with Crippen molar-refractivity contribution in [3.8, 4) is 5.75 Å². The quantitative estimate of drug-likeness (QED) is 0.609. The van der Waals surface area contributed by atoms with Crippen LogP contribution < -0.4 is 15.5 Å². The van der Waals surface area contributed by atoms with Gasteiger partial charge in [0.05, 0.1) is 7.11 Å². The predicted molar refractivity (Wildman–Crippen MR) is 118 cm³/mol. The van der Waals surface area contributed by atoms with Crippen LogP contribution in [0.2, 0.25) is 0 Å². The van der Waals surface area contributed by atoms with Gasteiger partial charge >= 0.3 is 5.91 Å². The van der Waals surface area contributed by atoms with Gasteiger partial charge in [0.25, 0.3) is 5.91 Å². The van der Waals surface area contributed by atoms with Crippen molar-refractivity contribution >= 4 is 18.0 Å². The van der Waals surface area contributed by atoms with Crippen molar-refractivity contribution in [3.63, 3.8) is 0 Å². The smallest absolute Gasteiger partial charge is 0.304 e. The maximum absolute atomic E-state index is 13.2. The minimum absolute atomic E-state index is 0.272. The lowest BCUT2D eigenvalue weighted by Crippen LogP contribution is -2.42. The molecule has 2 amide bonds. The number of aryl methyl sites for hydroxylation is 1. The van der Waals surface area contributed by atoms with Gasteiger partial charge in [0.2, 0.25) is 12.3 Å². The molecule has 0 unspecified atom stereocenters. The highest BCUT2D eigenvalue weighted by atomic mass is 19.1. The summed E-state index contributed by atoms with van der Waals surface area (Å²) in [5.41, 5.74) is 5.94. The summed E-state index contributed by atoms with van der Waals surface area (Å²) in [5, 5.41) is 2.81. The topological polar surface area (TPSA) is 70.4 Å². The summed E-state index contributed by atoms with van der Waals surface area (Å²) in [4.78, 5) is 25.7. The van der Waals surface area contributed by atoms with Crippen molar-refractivity contribution in [3.05, 3.63) is 101 Å². The number of hydrogen-bond acceptors (Lipinski definition) is 3. The van der Waals surface area contributed by atoms with Gasteiger partial charge in [0.15, 0.2) is 6.04 Å². The van der Waals surface area contributed by atoms with Gasteiger partial charge in [-0.25, -0.2) is 4.39 Å². The number of nitrogens with zero attached hydrogens (tertiary/aromatic N) is 1. The number of benzene rings is 3. The third-order valence-electron chi connectivity index (χ3n) is 5.45. The van der Waals surface area contributed by atoms with Crippen molar-refractivity contribution in [2.75, 3.05) is 7.11 Å². The molecular weight excluding hydrogens is 409 g/mol. The van der Waals surface area contributed by atoms with Gasteiger partial charge in [0, 0.05) is 16.7 Å². The fourth-order valence-corrected chi connectivity index (χ4v) is 3.69. The molecule has 0 spiro atoms. The molecule has 0 saturated carbocycles. The van der Waals surface area contributed by atoms with E-state index in [-0.39, 0.29) is 11.5 Å². The third kappa shape index (κ3) is 4.37. The Morgan fingerprint density at radius 3 is 2.41 bits per heavy atom. The number of hydrazine groups is 1. The number of amides is 2. The lowest BCUT2D eigenvalue weighted by Gasteiger charge is -2.15. The highest BCUT2D eigenvalue weighted by molar-refractivity contribution is 5.98. The average Bonchev–Trinajstić information content (AvgIpc) is 3.10. The molecule has 1 saturated heterocycles. The molecule has 0 aliphatic carbocycles. The van der Waals surface area contributed by atoms with Crippen LogP contribution in [0.5, 0.6) is 5.75 Å². The van der Waals surface area contributed by atoms with Crippen LogP contribution in [-0.4, -0.2) is 35.9 Å². The second-order valence-corrected chi connectivity index (χ2v) is 7.55. The van der Waals surface area contributed by atoms with E-state index >= 15 is 0 Å². The lowest BCUT2D eigenvalue weighted by atomic mass is 9.99. The van der Waals surface area contributed by atoms with Crippen LogP contribution in [0.1, 0.15) is 33.1 Å². The molecule has 2 atom stereocenters. The number of hydrogen-bond donors (Lipinski definition) is 2. The summed E-state index contributed by atoms with van der Waals surface area (Å²) < 4.78 is 20.2. The maximum atomic E-state index is 13.2. The van der Waals surface area contributed by atoms with Crippen LogP contribution in [0, 0.1) is 12.7 Å². The number of hydrazone groups is 1. The molecule has 3 aromatic rings. The van der Waals surface area contributed by atoms with Gasteiger partial charge in [0.1, 0.15) is 11.6 Å². The summed E-state index contributed by atoms with van der Waals surface area (Å²) in [6.45, 7) is 1.99. The first-order chi connectivity index (χ1) is 15.5. The summed E-state index contributed by atoms with van der Waals surface area (Å²) >= 11 is 0. The van der Waals surface area contributed by atoms with E-state index in [0.29, 0.717) is 5.75 Å². The molecule has 162 valence electrons. The molecule has 1 aliphatic heterocycles. The van der Waals surface area contributed by atoms with E-state index in [4.69, 9.17) is 4.74 Å². The Kier molecular flexibility index (Phi) is 5.98. The first-order valence-electron chi connectivity index (χ1n) is 10.2. The highest BCUT2D eigenvalue weighted by Crippen LogP contribution is 2.27. The summed E-state index contributed by atoms with van der Waals surface area (Å²) in [5.74, 6) is -0.546. The fourth-order valence-electron chi connectivity index (χ4n) is 3.69. The predicted octanol–water partition coefficient (Wildman–Crippen LogP) is 3.16. The zero-order valence-electron chi connectivity index (χ0n) is 17.7. The van der Waals surface area contributed by atoms with Crippen molar-refractivity contribution in [1.82, 2.24) is 10.7 Å². The van der Waals surface area contributed by atoms with Crippen LogP contribution in [0.3, 0.4) is 0 Å². The van der Waals surface area contributed by atoms with Crippen LogP contribution in [0.4, 0.5) is 4.39 Å². The standard InChI is InChI=1S/C25H22FN3O3/c1-16-5-3-4-6-19(16)15-29-23(17-9-13-21(32-2)14-10-17)22(25(31)28-29)27-24(30)18-7-11-20(26)12-8-18/h3-15,22-23H,1-2H3,(H-,27,28,30,31)/p+1/b29-15-/t22-,23+/m1/s1. The average molecular weight is 432 g/mol. The van der Waals surface area contributed by atoms with E-state index in [9.17, 15) is 14.0 Å². The summed E-state index contributed by atoms with van der Waals surface area (Å²) in [6.07, 6.45) is 1.85. The monoisotopic (exact) mass is 432 g/mol. The minimum atomic E-state index is -0.860. The normalized spacial score (nSPS) is 19.0. The van der Waals surface area contributed by atoms with E-state index in [1.165, 1.54) is 24.3 Å². The molecule has 1 aliphatic rings. The lowest BCUT2D eigenvalue weighted by molar-refractivity contribution is -0.596. The van der Waals surface area contributed by atoms with Crippen LogP contribution in [-0.2, 0) is 4.79 Å². The first-order valence-corrected chi connectivity index (χ1v) is 10.2. The van der Waals surface area contributed by atoms with Crippen LogP contribution in [0.15, 0.2) is 72.8 Å². The van der Waals surface area contributed by atoms with E-state index < -0.39 is 23.8 Å². The van der Waals surface area contributed by atoms with E-state index in [1.807, 2.05) is 61.7 Å². The Labute approximate surface area is 185 Å². The number of rotatable bonds is 5. The maximum Gasteiger partial charge on any atom is 0.304 e. The van der Waals surface area contributed by atoms with Crippen molar-refractivity contribution in [2.45, 2.75) is 19.0 Å². The zero-order valence-corrected chi connectivity index (χ0v) is 17.7. The molecule has 4 rings (SSSR count). The number of halogens is 1. The molecule has 1 fully saturated rings. The molecule has 7 heteroatoms. The largest absolute Gasteiger partial charge is 0.497 e. The van der Waals surface area contributed by atoms with E-state index in [2.05, 4.69) is 10.7 Å². The Morgan fingerprint density at radius 2 is 1.75 bits per heavy atom. The van der Waals surface area contributed by atoms with Crippen LogP contribution >= 0.6 is 0 Å². The molecule has 2 N–H and O–H groups in total. The van der Waals surface area contributed by atoms with Crippen LogP contribution in [0.25, 0.3) is 0 Å². The van der Waals surface area contributed by atoms with Gasteiger partial charge in [-0.3, -0.25) is 9.59 Å². The van der Waals surface area contributed by atoms with Crippen molar-refractivity contribution < 1.29 is 23.4 Å². The van der Waals surface area contributed by atoms with Crippen molar-refractivity contribution in [2.24, 2.45) is 0 Å². The van der Waals surface area contributed by atoms with Gasteiger partial charge in [-0.15, -0.1) is 10.1 Å². The van der Waals surface area contributed by atoms with Gasteiger partial charge in [-0.05, 0) is 67.1 Å². The summed E-state index contributed by atoms with van der Waals surface area (Å²) in [7, 11) is 1.58. The molecule has 32 heavy (non-hydrogen) atoms. The Bertz CT molecular complexity index is 1170. The first kappa shape index (κ1) is 21.2. The number of methoxy groups -OCH3 is 1. The number of ether oxygens (including phenoxy) is 1.